The molecule has 0 spiro atoms. The van der Waals surface area contributed by atoms with Gasteiger partial charge in [-0.2, -0.15) is 0 Å². The van der Waals surface area contributed by atoms with E-state index in [1.54, 1.807) is 0 Å². The molecule has 4 rings (SSSR count). The first-order valence-electron chi connectivity index (χ1n) is 8.29. The Hall–Kier alpha value is -2.44. The van der Waals surface area contributed by atoms with Gasteiger partial charge in [-0.25, -0.2) is 4.98 Å². The maximum Gasteiger partial charge on any atom is 0.273 e. The Morgan fingerprint density at radius 3 is 2.72 bits per heavy atom. The highest BCUT2D eigenvalue weighted by Gasteiger charge is 2.28. The first kappa shape index (κ1) is 16.1. The van der Waals surface area contributed by atoms with E-state index in [1.807, 2.05) is 71.2 Å². The smallest absolute Gasteiger partial charge is 0.273 e. The second kappa shape index (κ2) is 6.82. The van der Waals surface area contributed by atoms with Crippen LogP contribution < -0.4 is 0 Å². The number of thiazole rings is 1. The van der Waals surface area contributed by atoms with Crippen LogP contribution in [-0.2, 0) is 4.74 Å². The summed E-state index contributed by atoms with van der Waals surface area (Å²) in [5.41, 5.74) is 1.64. The largest absolute Gasteiger partial charge is 0.370 e. The topological polar surface area (TPSA) is 47.4 Å². The van der Waals surface area contributed by atoms with Crippen LogP contribution in [0.3, 0.4) is 0 Å². The van der Waals surface area contributed by atoms with Gasteiger partial charge in [-0.1, -0.05) is 30.3 Å². The predicted octanol–water partition coefficient (Wildman–Crippen LogP) is 3.46. The number of amides is 1. The van der Waals surface area contributed by atoms with Gasteiger partial charge >= 0.3 is 0 Å². The molecule has 1 aliphatic heterocycles. The predicted molar refractivity (Wildman–Crippen MR) is 97.2 cm³/mol. The van der Waals surface area contributed by atoms with Gasteiger partial charge in [-0.05, 0) is 24.6 Å². The number of aryl methyl sites for hydroxylation is 1. The zero-order valence-corrected chi connectivity index (χ0v) is 14.8. The van der Waals surface area contributed by atoms with Gasteiger partial charge in [0, 0.05) is 23.8 Å². The van der Waals surface area contributed by atoms with E-state index in [-0.39, 0.29) is 12.0 Å². The Balaban J connectivity index is 1.54. The summed E-state index contributed by atoms with van der Waals surface area (Å²) in [4.78, 5) is 20.4. The minimum Gasteiger partial charge on any atom is -0.370 e. The fourth-order valence-electron chi connectivity index (χ4n) is 3.01. The molecule has 5 nitrogen and oxygen atoms in total. The molecule has 0 unspecified atom stereocenters. The third-order valence-corrected chi connectivity index (χ3v) is 5.32. The van der Waals surface area contributed by atoms with Crippen LogP contribution in [0, 0.1) is 6.92 Å². The molecule has 25 heavy (non-hydrogen) atoms. The summed E-state index contributed by atoms with van der Waals surface area (Å²) in [6.07, 6.45) is 3.79. The zero-order chi connectivity index (χ0) is 17.2. The number of carbonyl (C=O) groups excluding carboxylic acids is 1. The highest BCUT2D eigenvalue weighted by Crippen LogP contribution is 2.26. The molecule has 3 aromatic rings. The molecule has 1 atom stereocenters. The molecule has 0 N–H and O–H groups in total. The van der Waals surface area contributed by atoms with Gasteiger partial charge in [-0.15, -0.1) is 11.3 Å². The second-order valence-electron chi connectivity index (χ2n) is 6.01. The lowest BCUT2D eigenvalue weighted by Crippen LogP contribution is -2.42. The van der Waals surface area contributed by atoms with Crippen LogP contribution in [0.4, 0.5) is 0 Å². The van der Waals surface area contributed by atoms with Crippen molar-refractivity contribution in [3.05, 3.63) is 71.0 Å². The highest BCUT2D eigenvalue weighted by molar-refractivity contribution is 7.14. The lowest BCUT2D eigenvalue weighted by Gasteiger charge is -2.33. The molecular formula is C19H19N3O2S. The number of nitrogens with zero attached hydrogens (tertiary/aromatic N) is 3. The molecule has 128 valence electrons. The molecule has 0 saturated carbocycles. The summed E-state index contributed by atoms with van der Waals surface area (Å²) in [6, 6.07) is 13.9. The minimum absolute atomic E-state index is 0.0172. The summed E-state index contributed by atoms with van der Waals surface area (Å²) in [7, 11) is 0. The third-order valence-electron chi connectivity index (χ3n) is 4.34. The molecule has 1 fully saturated rings. The first-order valence-corrected chi connectivity index (χ1v) is 9.10. The lowest BCUT2D eigenvalue weighted by molar-refractivity contribution is -0.0230. The molecule has 2 aromatic heterocycles. The Bertz CT molecular complexity index is 858. The van der Waals surface area contributed by atoms with Crippen LogP contribution in [0.2, 0.25) is 0 Å². The zero-order valence-electron chi connectivity index (χ0n) is 14.0. The number of ether oxygens (including phenoxy) is 1. The van der Waals surface area contributed by atoms with Gasteiger partial charge in [0.1, 0.15) is 11.8 Å². The molecular weight excluding hydrogens is 334 g/mol. The van der Waals surface area contributed by atoms with Gasteiger partial charge in [0.05, 0.1) is 13.2 Å². The van der Waals surface area contributed by atoms with Crippen LogP contribution in [-0.4, -0.2) is 40.1 Å². The molecule has 6 heteroatoms. The van der Waals surface area contributed by atoms with E-state index in [2.05, 4.69) is 4.98 Å². The number of hydrogen-bond donors (Lipinski definition) is 0. The maximum atomic E-state index is 13.0. The van der Waals surface area contributed by atoms with Gasteiger partial charge in [0.15, 0.2) is 5.13 Å². The van der Waals surface area contributed by atoms with Gasteiger partial charge in [0.2, 0.25) is 0 Å². The minimum atomic E-state index is -0.0817. The lowest BCUT2D eigenvalue weighted by atomic mass is 10.1. The summed E-state index contributed by atoms with van der Waals surface area (Å²) < 4.78 is 7.79. The second-order valence-corrected chi connectivity index (χ2v) is 7.19. The third kappa shape index (κ3) is 3.23. The molecule has 0 bridgehead atoms. The molecule has 1 aromatic carbocycles. The Labute approximate surface area is 150 Å². The van der Waals surface area contributed by atoms with E-state index in [1.165, 1.54) is 11.3 Å². The molecule has 0 radical (unpaired) electrons. The van der Waals surface area contributed by atoms with Crippen molar-refractivity contribution in [2.75, 3.05) is 19.7 Å². The van der Waals surface area contributed by atoms with Crippen molar-refractivity contribution in [2.24, 2.45) is 0 Å². The quantitative estimate of drug-likeness (QED) is 0.724. The SMILES string of the molecule is Cc1sc(-n2cccc2)nc1C(=O)N1CCO[C@H](c2ccccc2)C1. The molecule has 1 aliphatic rings. The average molecular weight is 353 g/mol. The van der Waals surface area contributed by atoms with Crippen molar-refractivity contribution in [3.63, 3.8) is 0 Å². The van der Waals surface area contributed by atoms with E-state index < -0.39 is 0 Å². The van der Waals surface area contributed by atoms with Crippen LogP contribution in [0.5, 0.6) is 0 Å². The number of morpholine rings is 1. The number of carbonyl (C=O) groups is 1. The van der Waals surface area contributed by atoms with E-state index >= 15 is 0 Å². The average Bonchev–Trinajstić information content (AvgIpc) is 3.31. The summed E-state index contributed by atoms with van der Waals surface area (Å²) in [5.74, 6) is -0.0172. The molecule has 1 amide bonds. The standard InChI is InChI=1S/C19H19N3O2S/c1-14-17(20-19(25-14)21-9-5-6-10-21)18(23)22-11-12-24-16(13-22)15-7-3-2-4-8-15/h2-10,16H,11-13H2,1H3/t16-/m0/s1. The first-order chi connectivity index (χ1) is 12.2. The monoisotopic (exact) mass is 353 g/mol. The van der Waals surface area contributed by atoms with Crippen LogP contribution in [0.25, 0.3) is 5.13 Å². The van der Waals surface area contributed by atoms with Gasteiger partial charge in [0.25, 0.3) is 5.91 Å². The van der Waals surface area contributed by atoms with E-state index in [9.17, 15) is 4.79 Å². The number of benzene rings is 1. The molecule has 1 saturated heterocycles. The van der Waals surface area contributed by atoms with Crippen LogP contribution >= 0.6 is 11.3 Å². The van der Waals surface area contributed by atoms with Crippen molar-refractivity contribution >= 4 is 17.2 Å². The van der Waals surface area contributed by atoms with Crippen LogP contribution in [0.1, 0.15) is 27.0 Å². The number of rotatable bonds is 3. The summed E-state index contributed by atoms with van der Waals surface area (Å²) in [6.45, 7) is 3.64. The van der Waals surface area contributed by atoms with Gasteiger partial charge in [-0.3, -0.25) is 4.79 Å². The van der Waals surface area contributed by atoms with E-state index in [0.29, 0.717) is 25.4 Å². The van der Waals surface area contributed by atoms with Crippen molar-refractivity contribution in [1.29, 1.82) is 0 Å². The fourth-order valence-corrected chi connectivity index (χ4v) is 3.87. The van der Waals surface area contributed by atoms with Crippen molar-refractivity contribution < 1.29 is 9.53 Å². The Morgan fingerprint density at radius 1 is 1.20 bits per heavy atom. The van der Waals surface area contributed by atoms with E-state index in [0.717, 1.165) is 15.6 Å². The van der Waals surface area contributed by atoms with Crippen molar-refractivity contribution in [3.8, 4) is 5.13 Å². The normalized spacial score (nSPS) is 17.6. The number of aromatic nitrogens is 2. The maximum absolute atomic E-state index is 13.0. The van der Waals surface area contributed by atoms with Crippen molar-refractivity contribution in [1.82, 2.24) is 14.5 Å². The fraction of sp³-hybridized carbons (Fsp3) is 0.263. The van der Waals surface area contributed by atoms with Crippen molar-refractivity contribution in [2.45, 2.75) is 13.0 Å². The molecule has 3 heterocycles. The number of hydrogen-bond acceptors (Lipinski definition) is 4. The Morgan fingerprint density at radius 2 is 1.96 bits per heavy atom. The molecule has 0 aliphatic carbocycles. The Kier molecular flexibility index (Phi) is 4.38. The van der Waals surface area contributed by atoms with E-state index in [4.69, 9.17) is 4.74 Å². The van der Waals surface area contributed by atoms with Gasteiger partial charge < -0.3 is 14.2 Å². The summed E-state index contributed by atoms with van der Waals surface area (Å²) in [5, 5.41) is 0.818. The summed E-state index contributed by atoms with van der Waals surface area (Å²) >= 11 is 1.53. The highest BCUT2D eigenvalue weighted by atomic mass is 32.1. The van der Waals surface area contributed by atoms with Crippen LogP contribution in [0.15, 0.2) is 54.9 Å².